The maximum Gasteiger partial charge on any atom is 0.328 e. The van der Waals surface area contributed by atoms with Gasteiger partial charge in [-0.25, -0.2) is 14.6 Å². The number of carboxylic acids is 2. The van der Waals surface area contributed by atoms with Gasteiger partial charge in [0.1, 0.15) is 5.15 Å². The maximum absolute atomic E-state index is 9.55. The molecule has 2 atom stereocenters. The molecule has 0 saturated carbocycles. The molecular formula is C16H20ClN3O4. The van der Waals surface area contributed by atoms with Crippen molar-refractivity contribution in [3.63, 3.8) is 0 Å². The minimum atomic E-state index is -1.26. The number of fused-ring (bicyclic) bond motifs is 1. The molecule has 24 heavy (non-hydrogen) atoms. The summed E-state index contributed by atoms with van der Waals surface area (Å²) >= 11 is 5.94. The summed E-state index contributed by atoms with van der Waals surface area (Å²) in [5.41, 5.74) is 2.28. The third-order valence-electron chi connectivity index (χ3n) is 4.12. The fourth-order valence-electron chi connectivity index (χ4n) is 2.86. The van der Waals surface area contributed by atoms with Crippen LogP contribution < -0.4 is 10.2 Å². The summed E-state index contributed by atoms with van der Waals surface area (Å²) in [5.74, 6) is -1.64. The number of aliphatic carboxylic acids is 2. The largest absolute Gasteiger partial charge is 0.478 e. The summed E-state index contributed by atoms with van der Waals surface area (Å²) in [6.07, 6.45) is 4.31. The van der Waals surface area contributed by atoms with E-state index in [4.69, 9.17) is 21.8 Å². The van der Waals surface area contributed by atoms with Crippen molar-refractivity contribution in [3.8, 4) is 0 Å². The fourth-order valence-corrected chi connectivity index (χ4v) is 2.97. The molecule has 3 rings (SSSR count). The van der Waals surface area contributed by atoms with E-state index in [0.717, 1.165) is 18.0 Å². The van der Waals surface area contributed by atoms with Crippen LogP contribution >= 0.6 is 11.6 Å². The zero-order valence-corrected chi connectivity index (χ0v) is 14.0. The summed E-state index contributed by atoms with van der Waals surface area (Å²) in [7, 11) is 0. The monoisotopic (exact) mass is 353 g/mol. The van der Waals surface area contributed by atoms with Gasteiger partial charge in [-0.2, -0.15) is 0 Å². The molecule has 8 heteroatoms. The first-order chi connectivity index (χ1) is 11.4. The molecule has 0 bridgehead atoms. The minimum absolute atomic E-state index is 0.558. The van der Waals surface area contributed by atoms with Crippen molar-refractivity contribution in [1.29, 1.82) is 0 Å². The van der Waals surface area contributed by atoms with Gasteiger partial charge in [0.05, 0.1) is 11.9 Å². The Bertz CT molecular complexity index is 634. The maximum atomic E-state index is 9.55. The third-order valence-corrected chi connectivity index (χ3v) is 4.52. The highest BCUT2D eigenvalue weighted by atomic mass is 35.5. The van der Waals surface area contributed by atoms with Crippen LogP contribution in [-0.2, 0) is 9.59 Å². The van der Waals surface area contributed by atoms with Gasteiger partial charge >= 0.3 is 11.9 Å². The van der Waals surface area contributed by atoms with E-state index < -0.39 is 11.9 Å². The molecule has 130 valence electrons. The zero-order valence-electron chi connectivity index (χ0n) is 13.3. The van der Waals surface area contributed by atoms with Crippen LogP contribution in [0.2, 0.25) is 5.15 Å². The van der Waals surface area contributed by atoms with Gasteiger partial charge in [0.15, 0.2) is 0 Å². The number of carboxylic acid groups (broad SMARTS) is 2. The molecule has 3 heterocycles. The highest BCUT2D eigenvalue weighted by Gasteiger charge is 2.40. The van der Waals surface area contributed by atoms with Crippen LogP contribution in [0.3, 0.4) is 0 Å². The summed E-state index contributed by atoms with van der Waals surface area (Å²) in [4.78, 5) is 25.8. The van der Waals surface area contributed by atoms with Crippen molar-refractivity contribution >= 4 is 29.2 Å². The van der Waals surface area contributed by atoms with Gasteiger partial charge in [-0.05, 0) is 37.4 Å². The summed E-state index contributed by atoms with van der Waals surface area (Å²) < 4.78 is 0. The van der Waals surface area contributed by atoms with Crippen molar-refractivity contribution in [3.05, 3.63) is 35.1 Å². The van der Waals surface area contributed by atoms with Crippen LogP contribution in [-0.4, -0.2) is 52.8 Å². The van der Waals surface area contributed by atoms with E-state index in [9.17, 15) is 9.59 Å². The predicted molar refractivity (Wildman–Crippen MR) is 90.5 cm³/mol. The number of rotatable bonds is 3. The van der Waals surface area contributed by atoms with Gasteiger partial charge in [-0.1, -0.05) is 11.6 Å². The number of carbonyl (C=O) groups is 2. The van der Waals surface area contributed by atoms with E-state index in [-0.39, 0.29) is 0 Å². The average Bonchev–Trinajstić information content (AvgIpc) is 2.51. The van der Waals surface area contributed by atoms with Gasteiger partial charge in [0.2, 0.25) is 0 Å². The van der Waals surface area contributed by atoms with Crippen molar-refractivity contribution in [2.75, 3.05) is 24.5 Å². The molecule has 2 aliphatic rings. The summed E-state index contributed by atoms with van der Waals surface area (Å²) in [5, 5.41) is 19.7. The topological polar surface area (TPSA) is 103 Å². The zero-order chi connectivity index (χ0) is 17.7. The number of piperidine rings is 1. The molecule has 0 amide bonds. The first-order valence-electron chi connectivity index (χ1n) is 7.62. The first kappa shape index (κ1) is 18.2. The second kappa shape index (κ2) is 8.12. The normalized spacial score (nSPS) is 22.2. The average molecular weight is 354 g/mol. The highest BCUT2D eigenvalue weighted by molar-refractivity contribution is 6.30. The van der Waals surface area contributed by atoms with Crippen LogP contribution in [0.25, 0.3) is 0 Å². The lowest BCUT2D eigenvalue weighted by Crippen LogP contribution is -2.63. The molecule has 0 unspecified atom stereocenters. The van der Waals surface area contributed by atoms with Gasteiger partial charge in [0.25, 0.3) is 0 Å². The number of hydrogen-bond donors (Lipinski definition) is 3. The number of anilines is 1. The van der Waals surface area contributed by atoms with Crippen LogP contribution in [0.1, 0.15) is 12.0 Å². The molecule has 2 saturated heterocycles. The molecule has 0 spiro atoms. The fraction of sp³-hybridized carbons (Fsp3) is 0.438. The number of nitrogens with one attached hydrogen (secondary N) is 1. The van der Waals surface area contributed by atoms with Gasteiger partial charge in [0, 0.05) is 31.3 Å². The lowest BCUT2D eigenvalue weighted by molar-refractivity contribution is -0.134. The minimum Gasteiger partial charge on any atom is -0.478 e. The van der Waals surface area contributed by atoms with Crippen LogP contribution in [0, 0.1) is 12.8 Å². The molecule has 0 aromatic carbocycles. The molecule has 7 nitrogen and oxygen atoms in total. The lowest BCUT2D eigenvalue weighted by Gasteiger charge is -2.52. The third kappa shape index (κ3) is 4.69. The van der Waals surface area contributed by atoms with Crippen LogP contribution in [0.5, 0.6) is 0 Å². The quantitative estimate of drug-likeness (QED) is 0.559. The lowest BCUT2D eigenvalue weighted by atomic mass is 9.83. The smallest absolute Gasteiger partial charge is 0.328 e. The Hall–Kier alpha value is -2.12. The number of halogens is 1. The number of nitrogens with zero attached hydrogens (tertiary/aromatic N) is 2. The van der Waals surface area contributed by atoms with Crippen LogP contribution in [0.15, 0.2) is 24.4 Å². The summed E-state index contributed by atoms with van der Waals surface area (Å²) in [6.45, 7) is 5.46. The molecule has 3 N–H and O–H groups in total. The van der Waals surface area contributed by atoms with Crippen molar-refractivity contribution in [1.82, 2.24) is 10.3 Å². The molecule has 2 aliphatic heterocycles. The number of hydrogen-bond acceptors (Lipinski definition) is 5. The number of pyridine rings is 1. The second-order valence-corrected chi connectivity index (χ2v) is 6.14. The Balaban J connectivity index is 0.000000224. The van der Waals surface area contributed by atoms with E-state index in [0.29, 0.717) is 23.3 Å². The van der Waals surface area contributed by atoms with E-state index in [1.54, 1.807) is 0 Å². The molecule has 0 aliphatic carbocycles. The summed E-state index contributed by atoms with van der Waals surface area (Å²) in [6, 6.07) is 2.80. The predicted octanol–water partition coefficient (Wildman–Crippen LogP) is 1.55. The molecule has 1 aromatic heterocycles. The molecular weight excluding hydrogens is 334 g/mol. The SMILES string of the molecule is Cc1cc(N2C[C@H]3CCNC[C@H]32)cnc1Cl.O=C(O)/C=C/C(=O)O. The Kier molecular flexibility index (Phi) is 6.16. The second-order valence-electron chi connectivity index (χ2n) is 5.78. The van der Waals surface area contributed by atoms with E-state index >= 15 is 0 Å². The van der Waals surface area contributed by atoms with Crippen molar-refractivity contribution < 1.29 is 19.8 Å². The van der Waals surface area contributed by atoms with Crippen molar-refractivity contribution in [2.24, 2.45) is 5.92 Å². The molecule has 0 radical (unpaired) electrons. The Labute approximate surface area is 144 Å². The van der Waals surface area contributed by atoms with Gasteiger partial charge in [-0.15, -0.1) is 0 Å². The number of aryl methyl sites for hydroxylation is 1. The molecule has 2 fully saturated rings. The number of aromatic nitrogens is 1. The first-order valence-corrected chi connectivity index (χ1v) is 7.99. The molecule has 1 aromatic rings. The standard InChI is InChI=1S/C12H16ClN3.C4H4O4/c1-8-4-10(5-15-12(8)13)16-7-9-2-3-14-6-11(9)16;5-3(6)1-2-4(7)8/h4-5,9,11,14H,2-3,6-7H2,1H3;1-2H,(H,5,6)(H,7,8)/b;2-1+/t9-,11-;/m1./s1. The van der Waals surface area contributed by atoms with Gasteiger partial charge < -0.3 is 20.4 Å². The van der Waals surface area contributed by atoms with Crippen LogP contribution in [0.4, 0.5) is 5.69 Å². The van der Waals surface area contributed by atoms with E-state index in [2.05, 4.69) is 21.3 Å². The Morgan fingerprint density at radius 3 is 2.58 bits per heavy atom. The highest BCUT2D eigenvalue weighted by Crippen LogP contribution is 2.34. The Morgan fingerprint density at radius 2 is 2.04 bits per heavy atom. The van der Waals surface area contributed by atoms with Gasteiger partial charge in [-0.3, -0.25) is 0 Å². The van der Waals surface area contributed by atoms with E-state index in [1.807, 2.05) is 13.1 Å². The Morgan fingerprint density at radius 1 is 1.38 bits per heavy atom. The van der Waals surface area contributed by atoms with Crippen molar-refractivity contribution in [2.45, 2.75) is 19.4 Å². The van der Waals surface area contributed by atoms with E-state index in [1.165, 1.54) is 25.2 Å².